The van der Waals surface area contributed by atoms with Crippen LogP contribution in [0.1, 0.15) is 185 Å². The number of nitrogens with zero attached hydrogens (tertiary/aromatic N) is 4. The third-order valence-corrected chi connectivity index (χ3v) is 13.0. The van der Waals surface area contributed by atoms with E-state index in [0.29, 0.717) is 12.3 Å². The Morgan fingerprint density at radius 3 is 1.52 bits per heavy atom. The molecule has 2 aliphatic rings. The zero-order valence-corrected chi connectivity index (χ0v) is 35.7. The van der Waals surface area contributed by atoms with Gasteiger partial charge >= 0.3 is 11.9 Å². The summed E-state index contributed by atoms with van der Waals surface area (Å²) in [6, 6.07) is 0. The molecule has 2 heterocycles. The zero-order valence-electron chi connectivity index (χ0n) is 34.1. The highest BCUT2D eigenvalue weighted by atomic mass is 32.2. The van der Waals surface area contributed by atoms with Gasteiger partial charge in [-0.3, -0.25) is 9.59 Å². The van der Waals surface area contributed by atoms with E-state index >= 15 is 0 Å². The molecule has 0 spiro atoms. The lowest BCUT2D eigenvalue weighted by molar-refractivity contribution is -0.155. The molecule has 18 heteroatoms. The van der Waals surface area contributed by atoms with Gasteiger partial charge in [-0.15, -0.1) is 0 Å². The second-order valence-electron chi connectivity index (χ2n) is 16.2. The number of aromatic nitrogens is 4. The maximum absolute atomic E-state index is 12.4. The number of hydrogen-bond donors (Lipinski definition) is 3. The highest BCUT2D eigenvalue weighted by Gasteiger charge is 2.27. The smallest absolute Gasteiger partial charge is 0.307 e. The van der Waals surface area contributed by atoms with Crippen molar-refractivity contribution in [1.29, 1.82) is 0 Å². The van der Waals surface area contributed by atoms with Gasteiger partial charge in [0.05, 0.1) is 37.4 Å². The molecule has 56 heavy (non-hydrogen) atoms. The number of hydrogen-bond acceptors (Lipinski definition) is 13. The molecule has 320 valence electrons. The summed E-state index contributed by atoms with van der Waals surface area (Å²) in [6.07, 6.45) is 18.7. The highest BCUT2D eigenvalue weighted by molar-refractivity contribution is 7.89. The Morgan fingerprint density at radius 2 is 1.14 bits per heavy atom. The first kappa shape index (κ1) is 47.4. The van der Waals surface area contributed by atoms with Crippen molar-refractivity contribution in [3.8, 4) is 0 Å². The summed E-state index contributed by atoms with van der Waals surface area (Å²) in [5, 5.41) is 16.8. The van der Waals surface area contributed by atoms with Crippen LogP contribution in [0.2, 0.25) is 0 Å². The number of ether oxygens (including phenoxy) is 1. The van der Waals surface area contributed by atoms with E-state index in [2.05, 4.69) is 29.7 Å². The van der Waals surface area contributed by atoms with Gasteiger partial charge in [0.25, 0.3) is 0 Å². The van der Waals surface area contributed by atoms with E-state index in [1.54, 1.807) is 13.8 Å². The van der Waals surface area contributed by atoms with Crippen LogP contribution in [0.3, 0.4) is 0 Å². The molecule has 2 atom stereocenters. The zero-order chi connectivity index (χ0) is 41.2. The van der Waals surface area contributed by atoms with Crippen molar-refractivity contribution in [3.05, 3.63) is 23.4 Å². The van der Waals surface area contributed by atoms with Crippen LogP contribution >= 0.6 is 0 Å². The molecule has 2 aliphatic carbocycles. The van der Waals surface area contributed by atoms with E-state index in [-0.39, 0.29) is 72.8 Å². The van der Waals surface area contributed by atoms with E-state index in [1.165, 1.54) is 64.2 Å². The first-order valence-electron chi connectivity index (χ1n) is 20.5. The molecule has 2 fully saturated rings. The second-order valence-corrected chi connectivity index (χ2v) is 20.4. The van der Waals surface area contributed by atoms with Gasteiger partial charge < -0.3 is 18.9 Å². The number of sulfonamides is 2. The molecule has 3 N–H and O–H groups in total. The number of esters is 1. The highest BCUT2D eigenvalue weighted by Crippen LogP contribution is 2.33. The fourth-order valence-electron chi connectivity index (χ4n) is 7.24. The molecule has 0 aliphatic heterocycles. The van der Waals surface area contributed by atoms with Crippen LogP contribution in [0, 0.1) is 11.8 Å². The molecule has 0 aromatic carbocycles. The fraction of sp³-hybridized carbons (Fsp3) is 0.842. The van der Waals surface area contributed by atoms with Crippen LogP contribution in [-0.2, 0) is 47.5 Å². The number of carboxylic acids is 1. The maximum Gasteiger partial charge on any atom is 0.307 e. The SMILES string of the molecule is CCS(=O)(=O)NCc1noc([C@H](CCCC2CCCCC2)CC(=O)O)n1.CCS(=O)(=O)NCc1noc([C@H](CCCC2CCCCC2)CC(=O)OC(C)(C)C)n1. The van der Waals surface area contributed by atoms with E-state index < -0.39 is 31.6 Å². The fourth-order valence-corrected chi connectivity index (χ4v) is 8.35. The Kier molecular flexibility index (Phi) is 19.9. The Balaban J connectivity index is 0.000000303. The second kappa shape index (κ2) is 23.4. The molecule has 2 aromatic rings. The van der Waals surface area contributed by atoms with Crippen molar-refractivity contribution >= 4 is 32.0 Å². The Morgan fingerprint density at radius 1 is 0.732 bits per heavy atom. The summed E-state index contributed by atoms with van der Waals surface area (Å²) in [6.45, 7) is 8.55. The summed E-state index contributed by atoms with van der Waals surface area (Å²) in [7, 11) is -6.68. The molecule has 16 nitrogen and oxygen atoms in total. The first-order chi connectivity index (χ1) is 26.5. The monoisotopic (exact) mass is 830 g/mol. The standard InChI is InChI=1S/C21H37N3O5S.C17H29N3O5S/c1-5-30(26,27)22-15-18-23-20(29-24-18)17(14-19(25)28-21(2,3)4)13-9-12-16-10-7-6-8-11-16;1-2-26(23,24)18-12-15-19-17(25-20-15)14(11-16(21)22)10-6-9-13-7-4-3-5-8-13/h16-17,22H,5-15H2,1-4H3;13-14,18H,2-12H2,1H3,(H,21,22)/t17-;14-/m11/s1. The molecule has 0 unspecified atom stereocenters. The maximum atomic E-state index is 12.4. The molecule has 2 saturated carbocycles. The van der Waals surface area contributed by atoms with Gasteiger partial charge in [0.1, 0.15) is 5.60 Å². The molecule has 0 radical (unpaired) electrons. The van der Waals surface area contributed by atoms with Crippen molar-refractivity contribution in [3.63, 3.8) is 0 Å². The van der Waals surface area contributed by atoms with E-state index in [4.69, 9.17) is 18.9 Å². The summed E-state index contributed by atoms with van der Waals surface area (Å²) < 4.78 is 67.1. The number of carbonyl (C=O) groups is 2. The van der Waals surface area contributed by atoms with Crippen molar-refractivity contribution in [2.24, 2.45) is 11.8 Å². The van der Waals surface area contributed by atoms with Crippen molar-refractivity contribution in [2.45, 2.75) is 181 Å². The number of carbonyl (C=O) groups excluding carboxylic acids is 1. The van der Waals surface area contributed by atoms with Gasteiger partial charge in [0, 0.05) is 11.8 Å². The van der Waals surface area contributed by atoms with Crippen LogP contribution in [0.5, 0.6) is 0 Å². The van der Waals surface area contributed by atoms with E-state index in [0.717, 1.165) is 43.9 Å². The number of rotatable bonds is 22. The van der Waals surface area contributed by atoms with E-state index in [1.807, 2.05) is 20.8 Å². The molecular formula is C38H66N6O10S2. The molecule has 0 bridgehead atoms. The predicted octanol–water partition coefficient (Wildman–Crippen LogP) is 6.89. The van der Waals surface area contributed by atoms with Gasteiger partial charge in [-0.05, 0) is 59.3 Å². The van der Waals surface area contributed by atoms with Crippen molar-refractivity contribution in [2.75, 3.05) is 11.5 Å². The third kappa shape index (κ3) is 19.0. The van der Waals surface area contributed by atoms with Crippen LogP contribution in [0.15, 0.2) is 9.05 Å². The normalized spacial score (nSPS) is 17.2. The van der Waals surface area contributed by atoms with Crippen molar-refractivity contribution in [1.82, 2.24) is 29.7 Å². The third-order valence-electron chi connectivity index (χ3n) is 10.4. The van der Waals surface area contributed by atoms with Crippen LogP contribution < -0.4 is 9.44 Å². The summed E-state index contributed by atoms with van der Waals surface area (Å²) in [5.74, 6) is 0.850. The lowest BCUT2D eigenvalue weighted by Crippen LogP contribution is -2.25. The Bertz CT molecular complexity index is 1680. The summed E-state index contributed by atoms with van der Waals surface area (Å²) in [5.41, 5.74) is -0.553. The average molecular weight is 831 g/mol. The molecule has 0 amide bonds. The topological polar surface area (TPSA) is 234 Å². The van der Waals surface area contributed by atoms with Gasteiger partial charge in [-0.1, -0.05) is 100 Å². The van der Waals surface area contributed by atoms with Crippen LogP contribution in [0.25, 0.3) is 0 Å². The van der Waals surface area contributed by atoms with Crippen LogP contribution in [-0.4, -0.2) is 71.3 Å². The summed E-state index contributed by atoms with van der Waals surface area (Å²) >= 11 is 0. The van der Waals surface area contributed by atoms with Gasteiger partial charge in [-0.25, -0.2) is 26.3 Å². The minimum atomic E-state index is -3.34. The molecule has 4 rings (SSSR count). The van der Waals surface area contributed by atoms with Crippen molar-refractivity contribution < 1.29 is 45.3 Å². The minimum absolute atomic E-state index is 0.0137. The quantitative estimate of drug-likeness (QED) is 0.103. The van der Waals surface area contributed by atoms with Gasteiger partial charge in [-0.2, -0.15) is 9.97 Å². The first-order valence-corrected chi connectivity index (χ1v) is 23.8. The number of carboxylic acid groups (broad SMARTS) is 1. The Labute approximate surface area is 333 Å². The predicted molar refractivity (Wildman–Crippen MR) is 210 cm³/mol. The minimum Gasteiger partial charge on any atom is -0.481 e. The average Bonchev–Trinajstić information content (AvgIpc) is 3.83. The lowest BCUT2D eigenvalue weighted by atomic mass is 9.84. The summed E-state index contributed by atoms with van der Waals surface area (Å²) in [4.78, 5) is 32.1. The molecular weight excluding hydrogens is 765 g/mol. The van der Waals surface area contributed by atoms with E-state index in [9.17, 15) is 26.4 Å². The number of aliphatic carboxylic acids is 1. The number of nitrogens with one attached hydrogen (secondary N) is 2. The molecule has 2 aromatic heterocycles. The lowest BCUT2D eigenvalue weighted by Gasteiger charge is -2.23. The van der Waals surface area contributed by atoms with Crippen LogP contribution in [0.4, 0.5) is 0 Å². The Hall–Kier alpha value is -2.96. The largest absolute Gasteiger partial charge is 0.481 e. The van der Waals surface area contributed by atoms with Gasteiger partial charge in [0.2, 0.25) is 31.8 Å². The van der Waals surface area contributed by atoms with Gasteiger partial charge in [0.15, 0.2) is 11.6 Å². The molecule has 0 saturated heterocycles.